The Morgan fingerprint density at radius 3 is 2.61 bits per heavy atom. The minimum Gasteiger partial charge on any atom is -0.385 e. The van der Waals surface area contributed by atoms with E-state index in [-0.39, 0.29) is 5.91 Å². The molecule has 0 aliphatic heterocycles. The number of hydrogen-bond donors (Lipinski definition) is 2. The van der Waals surface area contributed by atoms with Crippen LogP contribution < -0.4 is 11.1 Å². The maximum Gasteiger partial charge on any atom is 0.237 e. The summed E-state index contributed by atoms with van der Waals surface area (Å²) in [5, 5.41) is 3.19. The first-order chi connectivity index (χ1) is 8.37. The average molecular weight is 259 g/mol. The summed E-state index contributed by atoms with van der Waals surface area (Å²) >= 11 is 0. The number of nitrogens with two attached hydrogens (primary N) is 1. The minimum atomic E-state index is -0.635. The first kappa shape index (κ1) is 17.4. The smallest absolute Gasteiger partial charge is 0.237 e. The van der Waals surface area contributed by atoms with E-state index in [0.717, 1.165) is 26.1 Å². The summed E-state index contributed by atoms with van der Waals surface area (Å²) in [4.78, 5) is 13.8. The van der Waals surface area contributed by atoms with Crippen molar-refractivity contribution in [3.8, 4) is 0 Å². The van der Waals surface area contributed by atoms with Crippen molar-refractivity contribution < 1.29 is 9.53 Å². The van der Waals surface area contributed by atoms with Crippen LogP contribution >= 0.6 is 0 Å². The van der Waals surface area contributed by atoms with Crippen LogP contribution in [0.3, 0.4) is 0 Å². The second-order valence-electron chi connectivity index (χ2n) is 5.11. The Morgan fingerprint density at radius 2 is 2.17 bits per heavy atom. The number of amides is 1. The summed E-state index contributed by atoms with van der Waals surface area (Å²) in [5.41, 5.74) is 4.85. The molecule has 2 unspecified atom stereocenters. The number of rotatable bonds is 10. The molecule has 3 N–H and O–H groups in total. The van der Waals surface area contributed by atoms with Crippen LogP contribution in [0.15, 0.2) is 0 Å². The van der Waals surface area contributed by atoms with Crippen molar-refractivity contribution in [2.24, 2.45) is 5.73 Å². The van der Waals surface area contributed by atoms with E-state index in [1.165, 1.54) is 0 Å². The first-order valence-corrected chi connectivity index (χ1v) is 6.61. The van der Waals surface area contributed by atoms with Crippen molar-refractivity contribution in [1.82, 2.24) is 10.2 Å². The second-order valence-corrected chi connectivity index (χ2v) is 5.11. The molecule has 18 heavy (non-hydrogen) atoms. The van der Waals surface area contributed by atoms with Crippen LogP contribution in [-0.2, 0) is 9.53 Å². The molecule has 0 radical (unpaired) electrons. The fraction of sp³-hybridized carbons (Fsp3) is 0.923. The Morgan fingerprint density at radius 1 is 1.56 bits per heavy atom. The highest BCUT2D eigenvalue weighted by Crippen LogP contribution is 2.15. The van der Waals surface area contributed by atoms with Gasteiger partial charge in [0.05, 0.1) is 5.54 Å². The van der Waals surface area contributed by atoms with Gasteiger partial charge in [0.1, 0.15) is 0 Å². The monoisotopic (exact) mass is 259 g/mol. The normalized spacial score (nSPS) is 16.6. The lowest BCUT2D eigenvalue weighted by Crippen LogP contribution is -2.56. The lowest BCUT2D eigenvalue weighted by molar-refractivity contribution is -0.124. The molecule has 5 nitrogen and oxygen atoms in total. The maximum absolute atomic E-state index is 11.6. The van der Waals surface area contributed by atoms with Crippen LogP contribution in [0.1, 0.15) is 33.6 Å². The first-order valence-electron chi connectivity index (χ1n) is 6.61. The van der Waals surface area contributed by atoms with Crippen molar-refractivity contribution in [2.45, 2.75) is 45.2 Å². The number of methoxy groups -OCH3 is 1. The molecule has 0 saturated carbocycles. The quantitative estimate of drug-likeness (QED) is 0.563. The molecule has 0 saturated heterocycles. The Bertz CT molecular complexity index is 248. The number of primary amides is 1. The zero-order chi connectivity index (χ0) is 14.2. The molecule has 0 aromatic carbocycles. The maximum atomic E-state index is 11.6. The van der Waals surface area contributed by atoms with Crippen LogP contribution in [0, 0.1) is 0 Å². The molecule has 1 amide bonds. The van der Waals surface area contributed by atoms with Crippen molar-refractivity contribution in [2.75, 3.05) is 33.9 Å². The molecule has 0 rings (SSSR count). The third kappa shape index (κ3) is 5.80. The highest BCUT2D eigenvalue weighted by molar-refractivity contribution is 5.84. The third-order valence-corrected chi connectivity index (χ3v) is 3.43. The molecule has 0 bridgehead atoms. The molecule has 0 heterocycles. The fourth-order valence-corrected chi connectivity index (χ4v) is 2.08. The summed E-state index contributed by atoms with van der Waals surface area (Å²) in [6.07, 6.45) is 1.70. The molecule has 0 aromatic heterocycles. The number of hydrogen-bond acceptors (Lipinski definition) is 4. The van der Waals surface area contributed by atoms with E-state index in [1.54, 1.807) is 7.11 Å². The van der Waals surface area contributed by atoms with E-state index < -0.39 is 5.54 Å². The van der Waals surface area contributed by atoms with E-state index in [4.69, 9.17) is 10.5 Å². The number of nitrogens with zero attached hydrogens (tertiary/aromatic N) is 1. The van der Waals surface area contributed by atoms with Crippen LogP contribution in [-0.4, -0.2) is 56.2 Å². The predicted octanol–water partition coefficient (Wildman–Crippen LogP) is 0.587. The van der Waals surface area contributed by atoms with Gasteiger partial charge in [-0.3, -0.25) is 4.79 Å². The van der Waals surface area contributed by atoms with Gasteiger partial charge in [-0.05, 0) is 40.3 Å². The average Bonchev–Trinajstić information content (AvgIpc) is 2.29. The van der Waals surface area contributed by atoms with Gasteiger partial charge in [0, 0.05) is 26.3 Å². The third-order valence-electron chi connectivity index (χ3n) is 3.43. The van der Waals surface area contributed by atoms with Gasteiger partial charge in [0.2, 0.25) is 5.91 Å². The van der Waals surface area contributed by atoms with Crippen LogP contribution in [0.25, 0.3) is 0 Å². The molecule has 0 aliphatic carbocycles. The molecule has 0 fully saturated rings. The highest BCUT2D eigenvalue weighted by Gasteiger charge is 2.32. The SMILES string of the molecule is CCNC(C)(CC(C)N(C)CCCOC)C(N)=O. The van der Waals surface area contributed by atoms with Crippen LogP contribution in [0.4, 0.5) is 0 Å². The van der Waals surface area contributed by atoms with E-state index in [0.29, 0.717) is 12.5 Å². The fourth-order valence-electron chi connectivity index (χ4n) is 2.08. The molecule has 2 atom stereocenters. The Labute approximate surface area is 111 Å². The van der Waals surface area contributed by atoms with E-state index in [9.17, 15) is 4.79 Å². The standard InChI is InChI=1S/C13H29N3O2/c1-6-15-13(3,12(14)17)10-11(2)16(4)8-7-9-18-5/h11,15H,6-10H2,1-5H3,(H2,14,17). The molecule has 0 spiro atoms. The molecular formula is C13H29N3O2. The zero-order valence-electron chi connectivity index (χ0n) is 12.5. The molecule has 5 heteroatoms. The molecule has 0 aromatic rings. The van der Waals surface area contributed by atoms with Gasteiger partial charge < -0.3 is 20.7 Å². The Hall–Kier alpha value is -0.650. The summed E-state index contributed by atoms with van der Waals surface area (Å²) in [6.45, 7) is 8.42. The van der Waals surface area contributed by atoms with Crippen molar-refractivity contribution >= 4 is 5.91 Å². The van der Waals surface area contributed by atoms with Gasteiger partial charge in [0.25, 0.3) is 0 Å². The van der Waals surface area contributed by atoms with Crippen molar-refractivity contribution in [3.05, 3.63) is 0 Å². The Kier molecular flexibility index (Phi) is 8.15. The van der Waals surface area contributed by atoms with Gasteiger partial charge in [-0.15, -0.1) is 0 Å². The van der Waals surface area contributed by atoms with Crippen LogP contribution in [0.2, 0.25) is 0 Å². The van der Waals surface area contributed by atoms with E-state index in [2.05, 4.69) is 24.2 Å². The van der Waals surface area contributed by atoms with Gasteiger partial charge in [-0.1, -0.05) is 6.92 Å². The number of carbonyl (C=O) groups is 1. The number of ether oxygens (including phenoxy) is 1. The zero-order valence-corrected chi connectivity index (χ0v) is 12.5. The number of likely N-dealkylation sites (N-methyl/N-ethyl adjacent to an activating group) is 1. The lowest BCUT2D eigenvalue weighted by atomic mass is 9.92. The topological polar surface area (TPSA) is 67.6 Å². The summed E-state index contributed by atoms with van der Waals surface area (Å²) < 4.78 is 5.04. The van der Waals surface area contributed by atoms with Crippen molar-refractivity contribution in [3.63, 3.8) is 0 Å². The second kappa shape index (κ2) is 8.45. The van der Waals surface area contributed by atoms with Gasteiger partial charge in [0.15, 0.2) is 0 Å². The Balaban J connectivity index is 4.32. The largest absolute Gasteiger partial charge is 0.385 e. The molecule has 0 aliphatic rings. The number of nitrogens with one attached hydrogen (secondary N) is 1. The lowest BCUT2D eigenvalue weighted by Gasteiger charge is -2.34. The predicted molar refractivity (Wildman–Crippen MR) is 74.5 cm³/mol. The van der Waals surface area contributed by atoms with E-state index >= 15 is 0 Å². The minimum absolute atomic E-state index is 0.290. The molecular weight excluding hydrogens is 230 g/mol. The van der Waals surface area contributed by atoms with Crippen molar-refractivity contribution in [1.29, 1.82) is 0 Å². The summed E-state index contributed by atoms with van der Waals surface area (Å²) in [5.74, 6) is -0.290. The van der Waals surface area contributed by atoms with Gasteiger partial charge >= 0.3 is 0 Å². The number of carbonyl (C=O) groups excluding carboxylic acids is 1. The van der Waals surface area contributed by atoms with Gasteiger partial charge in [-0.2, -0.15) is 0 Å². The van der Waals surface area contributed by atoms with E-state index in [1.807, 2.05) is 13.8 Å². The van der Waals surface area contributed by atoms with Gasteiger partial charge in [-0.25, -0.2) is 0 Å². The summed E-state index contributed by atoms with van der Waals surface area (Å²) in [6, 6.07) is 0.290. The molecule has 108 valence electrons. The van der Waals surface area contributed by atoms with Crippen LogP contribution in [0.5, 0.6) is 0 Å². The highest BCUT2D eigenvalue weighted by atomic mass is 16.5. The summed E-state index contributed by atoms with van der Waals surface area (Å²) in [7, 11) is 3.77.